The molecule has 2 aromatic rings. The van der Waals surface area contributed by atoms with Crippen molar-refractivity contribution in [1.82, 2.24) is 5.32 Å². The van der Waals surface area contributed by atoms with Crippen LogP contribution >= 0.6 is 0 Å². The number of carbonyl (C=O) groups excluding carboxylic acids is 1. The van der Waals surface area contributed by atoms with Gasteiger partial charge in [-0.3, -0.25) is 4.79 Å². The van der Waals surface area contributed by atoms with Crippen LogP contribution in [-0.4, -0.2) is 52.7 Å². The molecule has 0 saturated carbocycles. The molecule has 160 valence electrons. The van der Waals surface area contributed by atoms with Gasteiger partial charge in [-0.05, 0) is 47.4 Å². The van der Waals surface area contributed by atoms with E-state index in [0.717, 1.165) is 11.1 Å². The second kappa shape index (κ2) is 9.71. The zero-order valence-electron chi connectivity index (χ0n) is 16.4. The van der Waals surface area contributed by atoms with E-state index < -0.39 is 24.9 Å². The number of carbonyl (C=O) groups is 1. The molecular formula is C22H24FNO6. The summed E-state index contributed by atoms with van der Waals surface area (Å²) in [6.07, 6.45) is -1.76. The lowest BCUT2D eigenvalue weighted by molar-refractivity contribution is -0.118. The van der Waals surface area contributed by atoms with E-state index in [9.17, 15) is 19.4 Å². The maximum Gasteiger partial charge on any atom is 0.216 e. The number of ether oxygens (including phenoxy) is 2. The summed E-state index contributed by atoms with van der Waals surface area (Å²) in [4.78, 5) is 11.1. The van der Waals surface area contributed by atoms with Gasteiger partial charge in [0, 0.05) is 13.5 Å². The fraction of sp³-hybridized carbons (Fsp3) is 0.318. The highest BCUT2D eigenvalue weighted by atomic mass is 19.1. The standard InChI is InChI=1S/C22H24FNO6/c1-13(26)24-8-7-14-5-6-17(10-18(14)15-3-2-4-16(23)9-15)29-12-20-22(28)21(27)19(11-25)30-20/h2-6,9-10,12,19,21-22,25,27-28H,7-8,11H2,1H3,(H,24,26)/t19-,21-,22+/m1/s1. The second-order valence-electron chi connectivity index (χ2n) is 6.97. The molecule has 1 aliphatic heterocycles. The summed E-state index contributed by atoms with van der Waals surface area (Å²) in [7, 11) is 0. The van der Waals surface area contributed by atoms with Gasteiger partial charge in [-0.25, -0.2) is 4.39 Å². The molecule has 0 spiro atoms. The van der Waals surface area contributed by atoms with Gasteiger partial charge in [0.15, 0.2) is 11.9 Å². The number of rotatable bonds is 7. The average Bonchev–Trinajstić information content (AvgIpc) is 3.00. The first kappa shape index (κ1) is 21.8. The minimum Gasteiger partial charge on any atom is -0.483 e. The van der Waals surface area contributed by atoms with Crippen molar-refractivity contribution in [2.24, 2.45) is 0 Å². The van der Waals surface area contributed by atoms with E-state index in [1.54, 1.807) is 24.3 Å². The highest BCUT2D eigenvalue weighted by Crippen LogP contribution is 2.30. The first-order valence-electron chi connectivity index (χ1n) is 9.52. The maximum atomic E-state index is 13.8. The number of benzene rings is 2. The summed E-state index contributed by atoms with van der Waals surface area (Å²) in [5, 5.41) is 31.7. The predicted octanol–water partition coefficient (Wildman–Crippen LogP) is 1.50. The van der Waals surface area contributed by atoms with Crippen LogP contribution < -0.4 is 10.1 Å². The number of aliphatic hydroxyl groups excluding tert-OH is 3. The maximum absolute atomic E-state index is 13.8. The third kappa shape index (κ3) is 5.15. The van der Waals surface area contributed by atoms with E-state index in [4.69, 9.17) is 14.6 Å². The lowest BCUT2D eigenvalue weighted by Crippen LogP contribution is -2.31. The number of nitrogens with one attached hydrogen (secondary N) is 1. The Balaban J connectivity index is 1.85. The Kier molecular flexibility index (Phi) is 7.04. The molecule has 1 aliphatic rings. The largest absolute Gasteiger partial charge is 0.483 e. The smallest absolute Gasteiger partial charge is 0.216 e. The molecule has 8 heteroatoms. The fourth-order valence-corrected chi connectivity index (χ4v) is 3.20. The van der Waals surface area contributed by atoms with Crippen LogP contribution in [0.25, 0.3) is 11.1 Å². The lowest BCUT2D eigenvalue weighted by atomic mass is 9.97. The Morgan fingerprint density at radius 3 is 2.73 bits per heavy atom. The molecule has 30 heavy (non-hydrogen) atoms. The third-order valence-corrected chi connectivity index (χ3v) is 4.76. The lowest BCUT2D eigenvalue weighted by Gasteiger charge is -2.13. The van der Waals surface area contributed by atoms with Crippen molar-refractivity contribution in [3.63, 3.8) is 0 Å². The van der Waals surface area contributed by atoms with Gasteiger partial charge in [0.2, 0.25) is 5.91 Å². The molecule has 1 heterocycles. The number of hydrogen-bond donors (Lipinski definition) is 4. The summed E-state index contributed by atoms with van der Waals surface area (Å²) < 4.78 is 24.6. The molecule has 4 N–H and O–H groups in total. The van der Waals surface area contributed by atoms with E-state index in [1.807, 2.05) is 6.07 Å². The van der Waals surface area contributed by atoms with Crippen molar-refractivity contribution in [2.45, 2.75) is 31.7 Å². The molecule has 0 radical (unpaired) electrons. The van der Waals surface area contributed by atoms with E-state index in [1.165, 1.54) is 25.3 Å². The van der Waals surface area contributed by atoms with Gasteiger partial charge in [-0.2, -0.15) is 0 Å². The monoisotopic (exact) mass is 417 g/mol. The van der Waals surface area contributed by atoms with Crippen LogP contribution in [0.4, 0.5) is 4.39 Å². The highest BCUT2D eigenvalue weighted by molar-refractivity contribution is 5.73. The van der Waals surface area contributed by atoms with Gasteiger partial charge in [0.1, 0.15) is 30.0 Å². The van der Waals surface area contributed by atoms with Gasteiger partial charge in [0.05, 0.1) is 6.61 Å². The molecule has 3 rings (SSSR count). The normalized spacial score (nSPS) is 22.0. The number of aliphatic hydroxyl groups is 3. The predicted molar refractivity (Wildman–Crippen MR) is 107 cm³/mol. The zero-order valence-corrected chi connectivity index (χ0v) is 16.4. The van der Waals surface area contributed by atoms with Crippen molar-refractivity contribution < 1.29 is 34.0 Å². The summed E-state index contributed by atoms with van der Waals surface area (Å²) >= 11 is 0. The van der Waals surface area contributed by atoms with Crippen molar-refractivity contribution in [2.75, 3.05) is 13.2 Å². The molecule has 2 aromatic carbocycles. The van der Waals surface area contributed by atoms with E-state index in [2.05, 4.69) is 5.32 Å². The number of amides is 1. The first-order valence-corrected chi connectivity index (χ1v) is 9.52. The molecule has 0 aliphatic carbocycles. The quantitative estimate of drug-likeness (QED) is 0.509. The van der Waals surface area contributed by atoms with Crippen molar-refractivity contribution in [3.8, 4) is 16.9 Å². The fourth-order valence-electron chi connectivity index (χ4n) is 3.20. The molecule has 7 nitrogen and oxygen atoms in total. The summed E-state index contributed by atoms with van der Waals surface area (Å²) in [5.41, 5.74) is 2.28. The molecule has 0 bridgehead atoms. The topological polar surface area (TPSA) is 108 Å². The second-order valence-corrected chi connectivity index (χ2v) is 6.97. The molecule has 3 atom stereocenters. The van der Waals surface area contributed by atoms with Crippen LogP contribution in [0.5, 0.6) is 5.75 Å². The Morgan fingerprint density at radius 2 is 2.07 bits per heavy atom. The Bertz CT molecular complexity index is 932. The highest BCUT2D eigenvalue weighted by Gasteiger charge is 2.39. The third-order valence-electron chi connectivity index (χ3n) is 4.76. The van der Waals surface area contributed by atoms with Crippen molar-refractivity contribution >= 4 is 5.91 Å². The Labute approximate surface area is 173 Å². The summed E-state index contributed by atoms with van der Waals surface area (Å²) in [6.45, 7) is 1.43. The van der Waals surface area contributed by atoms with Crippen LogP contribution in [0.15, 0.2) is 54.5 Å². The molecule has 1 saturated heterocycles. The minimum absolute atomic E-state index is 0.00332. The Hall–Kier alpha value is -2.94. The molecule has 1 amide bonds. The van der Waals surface area contributed by atoms with E-state index >= 15 is 0 Å². The average molecular weight is 417 g/mol. The van der Waals surface area contributed by atoms with Crippen LogP contribution in [0.3, 0.4) is 0 Å². The van der Waals surface area contributed by atoms with Gasteiger partial charge in [0.25, 0.3) is 0 Å². The SMILES string of the molecule is CC(=O)NCCc1ccc(OC=C2O[C@H](CO)[C@@H](O)[C@H]2O)cc1-c1cccc(F)c1. The zero-order chi connectivity index (χ0) is 21.7. The van der Waals surface area contributed by atoms with Gasteiger partial charge < -0.3 is 30.1 Å². The van der Waals surface area contributed by atoms with Gasteiger partial charge >= 0.3 is 0 Å². The molecule has 0 unspecified atom stereocenters. The number of hydrogen-bond acceptors (Lipinski definition) is 6. The van der Waals surface area contributed by atoms with Gasteiger partial charge in [-0.15, -0.1) is 0 Å². The number of halogens is 1. The van der Waals surface area contributed by atoms with Crippen LogP contribution in [0.2, 0.25) is 0 Å². The minimum atomic E-state index is -1.30. The van der Waals surface area contributed by atoms with Gasteiger partial charge in [-0.1, -0.05) is 18.2 Å². The summed E-state index contributed by atoms with van der Waals surface area (Å²) in [6, 6.07) is 11.4. The van der Waals surface area contributed by atoms with Crippen molar-refractivity contribution in [3.05, 3.63) is 65.9 Å². The Morgan fingerprint density at radius 1 is 1.27 bits per heavy atom. The van der Waals surface area contributed by atoms with E-state index in [0.29, 0.717) is 24.3 Å². The van der Waals surface area contributed by atoms with Crippen LogP contribution in [0.1, 0.15) is 12.5 Å². The summed E-state index contributed by atoms with van der Waals surface area (Å²) in [5.74, 6) is -0.0981. The molecular weight excluding hydrogens is 393 g/mol. The van der Waals surface area contributed by atoms with Crippen LogP contribution in [0, 0.1) is 5.82 Å². The van der Waals surface area contributed by atoms with Crippen LogP contribution in [-0.2, 0) is 16.0 Å². The molecule has 0 aromatic heterocycles. The van der Waals surface area contributed by atoms with Crippen molar-refractivity contribution in [1.29, 1.82) is 0 Å². The molecule has 1 fully saturated rings. The first-order chi connectivity index (χ1) is 14.4. The van der Waals surface area contributed by atoms with E-state index in [-0.39, 0.29) is 17.5 Å².